The fourth-order valence-electron chi connectivity index (χ4n) is 1.59. The predicted molar refractivity (Wildman–Crippen MR) is 75.0 cm³/mol. The molecule has 0 aliphatic rings. The second-order valence-electron chi connectivity index (χ2n) is 6.28. The van der Waals surface area contributed by atoms with E-state index >= 15 is 0 Å². The van der Waals surface area contributed by atoms with Crippen LogP contribution in [0.15, 0.2) is 18.5 Å². The summed E-state index contributed by atoms with van der Waals surface area (Å²) in [6.07, 6.45) is 2.73. The number of hydrogen-bond donors (Lipinski definition) is 2. The number of alkyl carbamates (subject to hydrolysis) is 1. The minimum Gasteiger partial charge on any atom is -0.478 e. The van der Waals surface area contributed by atoms with Gasteiger partial charge in [0.25, 0.3) is 0 Å². The molecule has 1 aromatic heterocycles. The lowest BCUT2D eigenvalue weighted by Gasteiger charge is -2.28. The normalized spacial score (nSPS) is 12.1. The number of nitrogens with one attached hydrogen (secondary N) is 1. The number of carboxylic acid groups (broad SMARTS) is 1. The highest BCUT2D eigenvalue weighted by Gasteiger charge is 2.23. The standard InChI is InChI=1S/C14H22N2O4/c1-13(2,3)20-12(19)15-9-14(4,5)16-7-6-10(8-16)11(17)18/h6-8H,9H2,1-5H3,(H,15,19)(H,17,18). The molecule has 1 amide bonds. The number of aromatic nitrogens is 1. The first kappa shape index (κ1) is 16.1. The first-order chi connectivity index (χ1) is 9.01. The molecule has 0 fully saturated rings. The molecule has 6 nitrogen and oxygen atoms in total. The van der Waals surface area contributed by atoms with Gasteiger partial charge in [-0.25, -0.2) is 9.59 Å². The average Bonchev–Trinajstić information content (AvgIpc) is 2.74. The molecule has 6 heteroatoms. The van der Waals surface area contributed by atoms with Gasteiger partial charge in [0.2, 0.25) is 0 Å². The minimum absolute atomic E-state index is 0.218. The van der Waals surface area contributed by atoms with Crippen LogP contribution in [0.2, 0.25) is 0 Å². The van der Waals surface area contributed by atoms with E-state index in [0.717, 1.165) is 0 Å². The molecule has 0 spiro atoms. The van der Waals surface area contributed by atoms with Crippen molar-refractivity contribution in [2.45, 2.75) is 45.8 Å². The van der Waals surface area contributed by atoms with Crippen LogP contribution in [0.3, 0.4) is 0 Å². The van der Waals surface area contributed by atoms with E-state index in [1.165, 1.54) is 6.07 Å². The summed E-state index contributed by atoms with van der Waals surface area (Å²) in [5, 5.41) is 11.6. The topological polar surface area (TPSA) is 80.6 Å². The van der Waals surface area contributed by atoms with Crippen LogP contribution in [-0.2, 0) is 10.3 Å². The van der Waals surface area contributed by atoms with Crippen molar-refractivity contribution >= 4 is 12.1 Å². The molecule has 2 N–H and O–H groups in total. The van der Waals surface area contributed by atoms with Crippen molar-refractivity contribution in [1.29, 1.82) is 0 Å². The van der Waals surface area contributed by atoms with Crippen molar-refractivity contribution in [2.75, 3.05) is 6.54 Å². The Labute approximate surface area is 118 Å². The molecule has 0 unspecified atom stereocenters. The average molecular weight is 282 g/mol. The van der Waals surface area contributed by atoms with E-state index in [2.05, 4.69) is 5.32 Å². The fraction of sp³-hybridized carbons (Fsp3) is 0.571. The fourth-order valence-corrected chi connectivity index (χ4v) is 1.59. The lowest BCUT2D eigenvalue weighted by Crippen LogP contribution is -2.42. The summed E-state index contributed by atoms with van der Waals surface area (Å²) in [6, 6.07) is 1.53. The highest BCUT2D eigenvalue weighted by atomic mass is 16.6. The number of nitrogens with zero attached hydrogens (tertiary/aromatic N) is 1. The molecule has 1 rings (SSSR count). The van der Waals surface area contributed by atoms with Gasteiger partial charge in [-0.05, 0) is 40.7 Å². The van der Waals surface area contributed by atoms with Crippen molar-refractivity contribution < 1.29 is 19.4 Å². The molecule has 20 heavy (non-hydrogen) atoms. The summed E-state index contributed by atoms with van der Waals surface area (Å²) in [7, 11) is 0. The van der Waals surface area contributed by atoms with Gasteiger partial charge < -0.3 is 19.7 Å². The number of aromatic carboxylic acids is 1. The number of amides is 1. The largest absolute Gasteiger partial charge is 0.478 e. The Bertz CT molecular complexity index is 498. The molecule has 0 radical (unpaired) electrons. The summed E-state index contributed by atoms with van der Waals surface area (Å²) < 4.78 is 6.92. The molecule has 1 heterocycles. The zero-order chi connectivity index (χ0) is 15.6. The summed E-state index contributed by atoms with van der Waals surface area (Å²) >= 11 is 0. The Kier molecular flexibility index (Phi) is 4.47. The van der Waals surface area contributed by atoms with Gasteiger partial charge in [0.05, 0.1) is 11.1 Å². The number of ether oxygens (including phenoxy) is 1. The zero-order valence-corrected chi connectivity index (χ0v) is 12.6. The van der Waals surface area contributed by atoms with Gasteiger partial charge >= 0.3 is 12.1 Å². The third kappa shape index (κ3) is 4.60. The number of rotatable bonds is 4. The maximum Gasteiger partial charge on any atom is 0.407 e. The van der Waals surface area contributed by atoms with Crippen LogP contribution in [0, 0.1) is 0 Å². The summed E-state index contributed by atoms with van der Waals surface area (Å²) in [5.74, 6) is -0.973. The van der Waals surface area contributed by atoms with Crippen LogP contribution in [0.4, 0.5) is 4.79 Å². The molecular weight excluding hydrogens is 260 g/mol. The Morgan fingerprint density at radius 1 is 1.30 bits per heavy atom. The van der Waals surface area contributed by atoms with Crippen LogP contribution in [0.1, 0.15) is 45.0 Å². The highest BCUT2D eigenvalue weighted by molar-refractivity contribution is 5.87. The van der Waals surface area contributed by atoms with Gasteiger partial charge in [-0.1, -0.05) is 0 Å². The van der Waals surface area contributed by atoms with Gasteiger partial charge in [0.15, 0.2) is 0 Å². The first-order valence-electron chi connectivity index (χ1n) is 6.40. The number of hydrogen-bond acceptors (Lipinski definition) is 3. The maximum absolute atomic E-state index is 11.6. The lowest BCUT2D eigenvalue weighted by atomic mass is 10.1. The Balaban J connectivity index is 2.65. The van der Waals surface area contributed by atoms with Crippen LogP contribution in [0.5, 0.6) is 0 Å². The van der Waals surface area contributed by atoms with Gasteiger partial charge in [-0.2, -0.15) is 0 Å². The first-order valence-corrected chi connectivity index (χ1v) is 6.40. The van der Waals surface area contributed by atoms with Crippen LogP contribution in [-0.4, -0.2) is 33.9 Å². The van der Waals surface area contributed by atoms with Crippen LogP contribution < -0.4 is 5.32 Å². The van der Waals surface area contributed by atoms with Crippen LogP contribution in [0.25, 0.3) is 0 Å². The third-order valence-electron chi connectivity index (χ3n) is 2.70. The van der Waals surface area contributed by atoms with Crippen molar-refractivity contribution in [1.82, 2.24) is 9.88 Å². The molecule has 0 aliphatic carbocycles. The molecule has 0 saturated carbocycles. The number of carbonyl (C=O) groups excluding carboxylic acids is 1. The molecule has 0 bridgehead atoms. The Morgan fingerprint density at radius 2 is 1.90 bits per heavy atom. The van der Waals surface area contributed by atoms with E-state index in [4.69, 9.17) is 9.84 Å². The van der Waals surface area contributed by atoms with Gasteiger partial charge in [0, 0.05) is 18.9 Å². The molecule has 0 atom stereocenters. The van der Waals surface area contributed by atoms with E-state index in [1.54, 1.807) is 37.7 Å². The van der Waals surface area contributed by atoms with Gasteiger partial charge in [-0.3, -0.25) is 0 Å². The predicted octanol–water partition coefficient (Wildman–Crippen LogP) is 2.45. The summed E-state index contributed by atoms with van der Waals surface area (Å²) in [4.78, 5) is 22.5. The van der Waals surface area contributed by atoms with Crippen molar-refractivity contribution in [2.24, 2.45) is 0 Å². The van der Waals surface area contributed by atoms with E-state index in [-0.39, 0.29) is 5.56 Å². The molecule has 0 saturated heterocycles. The van der Waals surface area contributed by atoms with E-state index in [0.29, 0.717) is 6.54 Å². The highest BCUT2D eigenvalue weighted by Crippen LogP contribution is 2.16. The summed E-state index contributed by atoms with van der Waals surface area (Å²) in [5.41, 5.74) is -0.779. The van der Waals surface area contributed by atoms with Crippen molar-refractivity contribution in [3.05, 3.63) is 24.0 Å². The van der Waals surface area contributed by atoms with E-state index < -0.39 is 23.2 Å². The molecule has 0 aliphatic heterocycles. The second kappa shape index (κ2) is 5.56. The smallest absolute Gasteiger partial charge is 0.407 e. The Hall–Kier alpha value is -1.98. The molecule has 0 aromatic carbocycles. The third-order valence-corrected chi connectivity index (χ3v) is 2.70. The summed E-state index contributed by atoms with van der Waals surface area (Å²) in [6.45, 7) is 9.51. The van der Waals surface area contributed by atoms with E-state index in [9.17, 15) is 9.59 Å². The van der Waals surface area contributed by atoms with Gasteiger partial charge in [0.1, 0.15) is 5.60 Å². The quantitative estimate of drug-likeness (QED) is 0.888. The molecule has 1 aromatic rings. The Morgan fingerprint density at radius 3 is 2.35 bits per heavy atom. The number of carboxylic acids is 1. The second-order valence-corrected chi connectivity index (χ2v) is 6.28. The number of carbonyl (C=O) groups is 2. The zero-order valence-electron chi connectivity index (χ0n) is 12.6. The SMILES string of the molecule is CC(C)(C)OC(=O)NCC(C)(C)n1ccc(C(=O)O)c1. The van der Waals surface area contributed by atoms with Gasteiger partial charge in [-0.15, -0.1) is 0 Å². The van der Waals surface area contributed by atoms with Crippen molar-refractivity contribution in [3.8, 4) is 0 Å². The minimum atomic E-state index is -0.973. The van der Waals surface area contributed by atoms with E-state index in [1.807, 2.05) is 13.8 Å². The molecular formula is C14H22N2O4. The molecule has 112 valence electrons. The monoisotopic (exact) mass is 282 g/mol. The lowest BCUT2D eigenvalue weighted by molar-refractivity contribution is 0.0507. The van der Waals surface area contributed by atoms with Crippen molar-refractivity contribution in [3.63, 3.8) is 0 Å². The maximum atomic E-state index is 11.6. The van der Waals surface area contributed by atoms with Crippen LogP contribution >= 0.6 is 0 Å².